The SMILES string of the molecule is Cc1ccc(C)c(Cc2ccc(C=O)o2)c1. The second-order valence-corrected chi connectivity index (χ2v) is 4.03. The van der Waals surface area contributed by atoms with Crippen molar-refractivity contribution in [3.8, 4) is 0 Å². The molecule has 0 aliphatic heterocycles. The molecular weight excluding hydrogens is 200 g/mol. The maximum absolute atomic E-state index is 10.5. The number of aldehydes is 1. The van der Waals surface area contributed by atoms with E-state index in [2.05, 4.69) is 32.0 Å². The van der Waals surface area contributed by atoms with E-state index in [9.17, 15) is 4.79 Å². The largest absolute Gasteiger partial charge is 0.458 e. The van der Waals surface area contributed by atoms with Crippen molar-refractivity contribution >= 4 is 6.29 Å². The zero-order valence-corrected chi connectivity index (χ0v) is 9.49. The van der Waals surface area contributed by atoms with Crippen LogP contribution in [0, 0.1) is 13.8 Å². The molecule has 0 spiro atoms. The Morgan fingerprint density at radius 1 is 1.19 bits per heavy atom. The minimum absolute atomic E-state index is 0.389. The summed E-state index contributed by atoms with van der Waals surface area (Å²) in [4.78, 5) is 10.5. The first-order chi connectivity index (χ1) is 7.69. The van der Waals surface area contributed by atoms with Crippen LogP contribution in [0.15, 0.2) is 34.7 Å². The van der Waals surface area contributed by atoms with E-state index < -0.39 is 0 Å². The second kappa shape index (κ2) is 4.35. The first-order valence-electron chi connectivity index (χ1n) is 5.29. The third-order valence-corrected chi connectivity index (χ3v) is 2.67. The van der Waals surface area contributed by atoms with Crippen LogP contribution < -0.4 is 0 Å². The van der Waals surface area contributed by atoms with Gasteiger partial charge in [-0.25, -0.2) is 0 Å². The molecule has 82 valence electrons. The van der Waals surface area contributed by atoms with E-state index in [1.54, 1.807) is 6.07 Å². The number of carbonyl (C=O) groups is 1. The summed E-state index contributed by atoms with van der Waals surface area (Å²) in [6, 6.07) is 9.91. The highest BCUT2D eigenvalue weighted by Gasteiger charge is 2.05. The highest BCUT2D eigenvalue weighted by Crippen LogP contribution is 2.17. The van der Waals surface area contributed by atoms with E-state index in [0.717, 1.165) is 18.5 Å². The minimum atomic E-state index is 0.389. The molecule has 2 aromatic rings. The maximum Gasteiger partial charge on any atom is 0.185 e. The van der Waals surface area contributed by atoms with Crippen LogP contribution >= 0.6 is 0 Å². The number of carbonyl (C=O) groups excluding carboxylic acids is 1. The molecule has 0 aliphatic rings. The van der Waals surface area contributed by atoms with E-state index in [0.29, 0.717) is 5.76 Å². The van der Waals surface area contributed by atoms with Gasteiger partial charge in [0.25, 0.3) is 0 Å². The Morgan fingerprint density at radius 2 is 2.00 bits per heavy atom. The van der Waals surface area contributed by atoms with Crippen LogP contribution in [0.25, 0.3) is 0 Å². The Balaban J connectivity index is 2.26. The van der Waals surface area contributed by atoms with E-state index >= 15 is 0 Å². The van der Waals surface area contributed by atoms with Gasteiger partial charge >= 0.3 is 0 Å². The molecule has 2 heteroatoms. The Morgan fingerprint density at radius 3 is 2.69 bits per heavy atom. The third kappa shape index (κ3) is 2.22. The summed E-state index contributed by atoms with van der Waals surface area (Å²) in [7, 11) is 0. The number of aryl methyl sites for hydroxylation is 2. The van der Waals surface area contributed by atoms with Gasteiger partial charge in [0.2, 0.25) is 0 Å². The van der Waals surface area contributed by atoms with Crippen LogP contribution in [0.3, 0.4) is 0 Å². The molecule has 2 nitrogen and oxygen atoms in total. The van der Waals surface area contributed by atoms with Gasteiger partial charge in [-0.05, 0) is 37.1 Å². The summed E-state index contributed by atoms with van der Waals surface area (Å²) in [6.07, 6.45) is 1.47. The molecule has 0 saturated heterocycles. The van der Waals surface area contributed by atoms with Crippen molar-refractivity contribution in [1.82, 2.24) is 0 Å². The molecule has 0 bridgehead atoms. The highest BCUT2D eigenvalue weighted by molar-refractivity contribution is 5.70. The summed E-state index contributed by atoms with van der Waals surface area (Å²) in [6.45, 7) is 4.15. The number of benzene rings is 1. The molecule has 1 heterocycles. The number of hydrogen-bond acceptors (Lipinski definition) is 2. The average Bonchev–Trinajstić information content (AvgIpc) is 2.71. The molecule has 0 unspecified atom stereocenters. The summed E-state index contributed by atoms with van der Waals surface area (Å²) in [5.41, 5.74) is 3.73. The van der Waals surface area contributed by atoms with Gasteiger partial charge in [0.1, 0.15) is 5.76 Å². The second-order valence-electron chi connectivity index (χ2n) is 4.03. The van der Waals surface area contributed by atoms with Crippen molar-refractivity contribution in [2.75, 3.05) is 0 Å². The van der Waals surface area contributed by atoms with Crippen molar-refractivity contribution in [2.24, 2.45) is 0 Å². The molecule has 0 fully saturated rings. The first kappa shape index (κ1) is 10.7. The van der Waals surface area contributed by atoms with Gasteiger partial charge in [-0.15, -0.1) is 0 Å². The molecule has 2 rings (SSSR count). The lowest BCUT2D eigenvalue weighted by molar-refractivity contribution is 0.109. The number of furan rings is 1. The third-order valence-electron chi connectivity index (χ3n) is 2.67. The van der Waals surface area contributed by atoms with Crippen molar-refractivity contribution in [3.63, 3.8) is 0 Å². The predicted octanol–water partition coefficient (Wildman–Crippen LogP) is 3.30. The number of rotatable bonds is 3. The van der Waals surface area contributed by atoms with Crippen LogP contribution in [0.2, 0.25) is 0 Å². The molecule has 0 N–H and O–H groups in total. The molecule has 0 amide bonds. The summed E-state index contributed by atoms with van der Waals surface area (Å²) in [5.74, 6) is 1.22. The lowest BCUT2D eigenvalue weighted by atomic mass is 10.0. The molecule has 0 saturated carbocycles. The fourth-order valence-corrected chi connectivity index (χ4v) is 1.73. The Kier molecular flexibility index (Phi) is 2.91. The van der Waals surface area contributed by atoms with Gasteiger partial charge in [0.15, 0.2) is 12.0 Å². The number of hydrogen-bond donors (Lipinski definition) is 0. The quantitative estimate of drug-likeness (QED) is 0.734. The minimum Gasteiger partial charge on any atom is -0.458 e. The van der Waals surface area contributed by atoms with Crippen LogP contribution in [0.5, 0.6) is 0 Å². The van der Waals surface area contributed by atoms with Crippen molar-refractivity contribution in [3.05, 3.63) is 58.5 Å². The van der Waals surface area contributed by atoms with Crippen molar-refractivity contribution in [2.45, 2.75) is 20.3 Å². The topological polar surface area (TPSA) is 30.2 Å². The summed E-state index contributed by atoms with van der Waals surface area (Å²) >= 11 is 0. The molecule has 0 atom stereocenters. The lowest BCUT2D eigenvalue weighted by Crippen LogP contribution is -1.91. The predicted molar refractivity (Wildman–Crippen MR) is 62.8 cm³/mol. The summed E-state index contributed by atoms with van der Waals surface area (Å²) < 4.78 is 5.36. The molecule has 0 aliphatic carbocycles. The van der Waals surface area contributed by atoms with E-state index in [1.165, 1.54) is 16.7 Å². The molecule has 1 aromatic carbocycles. The Hall–Kier alpha value is -1.83. The monoisotopic (exact) mass is 214 g/mol. The van der Waals surface area contributed by atoms with Gasteiger partial charge in [0, 0.05) is 6.42 Å². The van der Waals surface area contributed by atoms with Crippen molar-refractivity contribution < 1.29 is 9.21 Å². The molecular formula is C14H14O2. The average molecular weight is 214 g/mol. The Labute approximate surface area is 94.9 Å². The fourth-order valence-electron chi connectivity index (χ4n) is 1.73. The van der Waals surface area contributed by atoms with Crippen LogP contribution in [-0.2, 0) is 6.42 Å². The normalized spacial score (nSPS) is 10.4. The molecule has 16 heavy (non-hydrogen) atoms. The van der Waals surface area contributed by atoms with E-state index in [-0.39, 0.29) is 0 Å². The first-order valence-corrected chi connectivity index (χ1v) is 5.29. The smallest absolute Gasteiger partial charge is 0.185 e. The van der Waals surface area contributed by atoms with Gasteiger partial charge < -0.3 is 4.42 Å². The van der Waals surface area contributed by atoms with Crippen LogP contribution in [0.4, 0.5) is 0 Å². The zero-order chi connectivity index (χ0) is 11.5. The van der Waals surface area contributed by atoms with Crippen molar-refractivity contribution in [1.29, 1.82) is 0 Å². The highest BCUT2D eigenvalue weighted by atomic mass is 16.3. The summed E-state index contributed by atoms with van der Waals surface area (Å²) in [5, 5.41) is 0. The van der Waals surface area contributed by atoms with Crippen LogP contribution in [0.1, 0.15) is 33.0 Å². The zero-order valence-electron chi connectivity index (χ0n) is 9.49. The van der Waals surface area contributed by atoms with Gasteiger partial charge in [-0.3, -0.25) is 4.79 Å². The van der Waals surface area contributed by atoms with Crippen LogP contribution in [-0.4, -0.2) is 6.29 Å². The molecule has 0 radical (unpaired) electrons. The molecule has 1 aromatic heterocycles. The van der Waals surface area contributed by atoms with Gasteiger partial charge in [-0.2, -0.15) is 0 Å². The standard InChI is InChI=1S/C14H14O2/c1-10-3-4-11(2)12(7-10)8-13-5-6-14(9-15)16-13/h3-7,9H,8H2,1-2H3. The maximum atomic E-state index is 10.5. The van der Waals surface area contributed by atoms with E-state index in [4.69, 9.17) is 4.42 Å². The lowest BCUT2D eigenvalue weighted by Gasteiger charge is -2.04. The van der Waals surface area contributed by atoms with E-state index in [1.807, 2.05) is 6.07 Å². The Bertz CT molecular complexity index is 509. The van der Waals surface area contributed by atoms with Gasteiger partial charge in [-0.1, -0.05) is 23.8 Å². The fraction of sp³-hybridized carbons (Fsp3) is 0.214. The van der Waals surface area contributed by atoms with Gasteiger partial charge in [0.05, 0.1) is 0 Å².